The highest BCUT2D eigenvalue weighted by molar-refractivity contribution is 5.50. The lowest BCUT2D eigenvalue weighted by atomic mass is 10.1. The van der Waals surface area contributed by atoms with Gasteiger partial charge in [0.05, 0.1) is 6.61 Å². The number of nitriles is 1. The van der Waals surface area contributed by atoms with Gasteiger partial charge in [-0.15, -0.1) is 0 Å². The molecule has 0 N–H and O–H groups in total. The zero-order valence-corrected chi connectivity index (χ0v) is 7.50. The number of rotatable bonds is 3. The second kappa shape index (κ2) is 4.32. The van der Waals surface area contributed by atoms with Crippen LogP contribution in [0.15, 0.2) is 24.8 Å². The molecule has 0 unspecified atom stereocenters. The summed E-state index contributed by atoms with van der Waals surface area (Å²) in [5.41, 5.74) is 1.19. The summed E-state index contributed by atoms with van der Waals surface area (Å²) >= 11 is 0. The van der Waals surface area contributed by atoms with E-state index in [-0.39, 0.29) is 0 Å². The minimum absolute atomic E-state index is 0.499. The summed E-state index contributed by atoms with van der Waals surface area (Å²) in [6.07, 6.45) is 2.69. The van der Waals surface area contributed by atoms with Crippen molar-refractivity contribution < 1.29 is 4.74 Å². The molecule has 0 aliphatic rings. The van der Waals surface area contributed by atoms with Crippen LogP contribution in [0.25, 0.3) is 0 Å². The first-order valence-electron chi connectivity index (χ1n) is 4.02. The van der Waals surface area contributed by atoms with Gasteiger partial charge in [0, 0.05) is 5.56 Å². The van der Waals surface area contributed by atoms with Crippen molar-refractivity contribution in [2.45, 2.75) is 6.92 Å². The van der Waals surface area contributed by atoms with Gasteiger partial charge in [-0.1, -0.05) is 18.7 Å². The Morgan fingerprint density at radius 1 is 1.54 bits per heavy atom. The molecule has 1 radical (unpaired) electrons. The maximum Gasteiger partial charge on any atom is 0.137 e. The van der Waals surface area contributed by atoms with Crippen molar-refractivity contribution in [1.82, 2.24) is 0 Å². The summed E-state index contributed by atoms with van der Waals surface area (Å²) in [6.45, 7) is 5.94. The zero-order valence-electron chi connectivity index (χ0n) is 7.50. The Morgan fingerprint density at radius 3 is 2.85 bits per heavy atom. The second-order valence-corrected chi connectivity index (χ2v) is 2.40. The van der Waals surface area contributed by atoms with Crippen molar-refractivity contribution >= 4 is 0 Å². The molecule has 0 atom stereocenters. The van der Waals surface area contributed by atoms with Gasteiger partial charge in [0.15, 0.2) is 0 Å². The Bertz CT molecular complexity index is 350. The Hall–Kier alpha value is -1.75. The average molecular weight is 172 g/mol. The number of nitrogens with zero attached hydrogens (tertiary/aromatic N) is 1. The van der Waals surface area contributed by atoms with Gasteiger partial charge >= 0.3 is 0 Å². The highest BCUT2D eigenvalue weighted by Crippen LogP contribution is 2.21. The largest absolute Gasteiger partial charge is 0.492 e. The van der Waals surface area contributed by atoms with E-state index in [2.05, 4.69) is 18.7 Å². The average Bonchev–Trinajstić information content (AvgIpc) is 2.18. The summed E-state index contributed by atoms with van der Waals surface area (Å²) in [5, 5.41) is 8.86. The fourth-order valence-corrected chi connectivity index (χ4v) is 1.07. The zero-order chi connectivity index (χ0) is 9.68. The van der Waals surface area contributed by atoms with E-state index in [9.17, 15) is 0 Å². The minimum Gasteiger partial charge on any atom is -0.492 e. The molecule has 0 aromatic heterocycles. The van der Waals surface area contributed by atoms with E-state index in [1.807, 2.05) is 13.0 Å². The van der Waals surface area contributed by atoms with E-state index < -0.39 is 0 Å². The molecule has 0 bridgehead atoms. The smallest absolute Gasteiger partial charge is 0.137 e. The van der Waals surface area contributed by atoms with E-state index in [0.29, 0.717) is 23.5 Å². The van der Waals surface area contributed by atoms with Gasteiger partial charge in [0.25, 0.3) is 0 Å². The lowest BCUT2D eigenvalue weighted by molar-refractivity contribution is 0.339. The van der Waals surface area contributed by atoms with Crippen molar-refractivity contribution in [2.75, 3.05) is 6.61 Å². The van der Waals surface area contributed by atoms with Gasteiger partial charge in [-0.05, 0) is 19.1 Å². The molecular formula is C11H10NO. The summed E-state index contributed by atoms with van der Waals surface area (Å²) in [6, 6.07) is 7.44. The second-order valence-electron chi connectivity index (χ2n) is 2.40. The Kier molecular flexibility index (Phi) is 3.10. The third-order valence-electron chi connectivity index (χ3n) is 1.63. The first kappa shape index (κ1) is 9.34. The highest BCUT2D eigenvalue weighted by Gasteiger charge is 2.05. The van der Waals surface area contributed by atoms with Crippen LogP contribution in [0, 0.1) is 17.4 Å². The van der Waals surface area contributed by atoms with E-state index in [1.165, 1.54) is 0 Å². The first-order valence-corrected chi connectivity index (χ1v) is 4.02. The molecule has 2 heteroatoms. The Labute approximate surface area is 78.1 Å². The van der Waals surface area contributed by atoms with Gasteiger partial charge in [0.1, 0.15) is 17.4 Å². The summed E-state index contributed by atoms with van der Waals surface area (Å²) in [5.74, 6) is 0.596. The predicted octanol–water partition coefficient (Wildman–Crippen LogP) is 2.29. The van der Waals surface area contributed by atoms with Crippen molar-refractivity contribution in [3.63, 3.8) is 0 Å². The molecule has 1 aromatic carbocycles. The van der Waals surface area contributed by atoms with Crippen molar-refractivity contribution in [1.29, 1.82) is 5.26 Å². The summed E-state index contributed by atoms with van der Waals surface area (Å²) in [4.78, 5) is 0. The van der Waals surface area contributed by atoms with E-state index in [0.717, 1.165) is 0 Å². The van der Waals surface area contributed by atoms with Crippen LogP contribution in [0.5, 0.6) is 5.75 Å². The van der Waals surface area contributed by atoms with Crippen LogP contribution >= 0.6 is 0 Å². The topological polar surface area (TPSA) is 33.0 Å². The molecule has 0 saturated carbocycles. The van der Waals surface area contributed by atoms with Crippen LogP contribution in [0.4, 0.5) is 0 Å². The van der Waals surface area contributed by atoms with Gasteiger partial charge in [-0.3, -0.25) is 0 Å². The monoisotopic (exact) mass is 172 g/mol. The fourth-order valence-electron chi connectivity index (χ4n) is 1.07. The quantitative estimate of drug-likeness (QED) is 0.700. The normalized spacial score (nSPS) is 8.92. The molecule has 1 rings (SSSR count). The molecule has 0 aliphatic carbocycles. The maximum absolute atomic E-state index is 8.86. The molecule has 0 fully saturated rings. The molecule has 65 valence electrons. The molecule has 0 saturated heterocycles. The molecule has 1 aromatic rings. The lowest BCUT2D eigenvalue weighted by Gasteiger charge is -2.06. The van der Waals surface area contributed by atoms with Crippen LogP contribution in [-0.2, 0) is 0 Å². The third-order valence-corrected chi connectivity index (χ3v) is 1.63. The van der Waals surface area contributed by atoms with E-state index >= 15 is 0 Å². The van der Waals surface area contributed by atoms with Gasteiger partial charge in [0.2, 0.25) is 0 Å². The van der Waals surface area contributed by atoms with Crippen molar-refractivity contribution in [3.05, 3.63) is 42.0 Å². The standard InChI is InChI=1S/C11H10NO/c1-3-9-6-5-7-11(13-4-2)10(9)8-12/h5-7H,1,4H2,2H3. The number of hydrogen-bond acceptors (Lipinski definition) is 2. The molecule has 0 heterocycles. The summed E-state index contributed by atoms with van der Waals surface area (Å²) < 4.78 is 5.28. The third kappa shape index (κ3) is 1.88. The highest BCUT2D eigenvalue weighted by atomic mass is 16.5. The SMILES string of the molecule is C=[C]c1cccc(OCC)c1C#N. The Morgan fingerprint density at radius 2 is 2.31 bits per heavy atom. The molecule has 0 spiro atoms. The van der Waals surface area contributed by atoms with Gasteiger partial charge in [-0.2, -0.15) is 5.26 Å². The minimum atomic E-state index is 0.499. The number of hydrogen-bond donors (Lipinski definition) is 0. The van der Waals surface area contributed by atoms with E-state index in [1.54, 1.807) is 12.1 Å². The number of ether oxygens (including phenoxy) is 1. The van der Waals surface area contributed by atoms with Crippen molar-refractivity contribution in [2.24, 2.45) is 0 Å². The molecular weight excluding hydrogens is 162 g/mol. The molecule has 2 nitrogen and oxygen atoms in total. The van der Waals surface area contributed by atoms with Crippen LogP contribution < -0.4 is 4.74 Å². The first-order chi connectivity index (χ1) is 6.33. The molecule has 0 amide bonds. The number of benzene rings is 1. The van der Waals surface area contributed by atoms with Crippen LogP contribution in [0.3, 0.4) is 0 Å². The van der Waals surface area contributed by atoms with Gasteiger partial charge in [-0.25, -0.2) is 0 Å². The molecule has 13 heavy (non-hydrogen) atoms. The van der Waals surface area contributed by atoms with Crippen LogP contribution in [0.1, 0.15) is 18.1 Å². The maximum atomic E-state index is 8.86. The van der Waals surface area contributed by atoms with Gasteiger partial charge < -0.3 is 4.74 Å². The van der Waals surface area contributed by atoms with Crippen LogP contribution in [0.2, 0.25) is 0 Å². The van der Waals surface area contributed by atoms with Crippen molar-refractivity contribution in [3.8, 4) is 11.8 Å². The fraction of sp³-hybridized carbons (Fsp3) is 0.182. The van der Waals surface area contributed by atoms with Crippen LogP contribution in [-0.4, -0.2) is 6.61 Å². The lowest BCUT2D eigenvalue weighted by Crippen LogP contribution is -1.95. The summed E-state index contributed by atoms with van der Waals surface area (Å²) in [7, 11) is 0. The predicted molar refractivity (Wildman–Crippen MR) is 50.3 cm³/mol. The molecule has 0 aliphatic heterocycles. The Balaban J connectivity index is 3.20. The van der Waals surface area contributed by atoms with E-state index in [4.69, 9.17) is 10.00 Å².